The lowest BCUT2D eigenvalue weighted by molar-refractivity contribution is 0.340. The lowest BCUT2D eigenvalue weighted by Gasteiger charge is -2.17. The Hall–Kier alpha value is -1.02. The van der Waals surface area contributed by atoms with Gasteiger partial charge in [-0.15, -0.1) is 0 Å². The first-order valence-electron chi connectivity index (χ1n) is 7.10. The van der Waals surface area contributed by atoms with Gasteiger partial charge in [-0.3, -0.25) is 0 Å². The van der Waals surface area contributed by atoms with E-state index in [-0.39, 0.29) is 0 Å². The average Bonchev–Trinajstić information content (AvgIpc) is 2.38. The van der Waals surface area contributed by atoms with Gasteiger partial charge < -0.3 is 10.1 Å². The lowest BCUT2D eigenvalue weighted by atomic mass is 10.0. The molecule has 0 radical (unpaired) electrons. The van der Waals surface area contributed by atoms with E-state index in [1.807, 2.05) is 19.1 Å². The maximum absolute atomic E-state index is 5.43. The molecule has 2 unspecified atom stereocenters. The van der Waals surface area contributed by atoms with Crippen molar-refractivity contribution in [2.24, 2.45) is 5.92 Å². The molecule has 102 valence electrons. The topological polar surface area (TPSA) is 21.3 Å². The first-order chi connectivity index (χ1) is 8.65. The summed E-state index contributed by atoms with van der Waals surface area (Å²) < 4.78 is 5.43. The molecule has 1 aromatic rings. The number of nitrogens with one attached hydrogen (secondary N) is 1. The van der Waals surface area contributed by atoms with E-state index in [2.05, 4.69) is 38.2 Å². The van der Waals surface area contributed by atoms with Crippen molar-refractivity contribution in [2.75, 3.05) is 6.61 Å². The van der Waals surface area contributed by atoms with E-state index in [1.54, 1.807) is 0 Å². The fourth-order valence-electron chi connectivity index (χ4n) is 2.02. The van der Waals surface area contributed by atoms with Gasteiger partial charge in [0.05, 0.1) is 6.61 Å². The van der Waals surface area contributed by atoms with Crippen LogP contribution < -0.4 is 10.1 Å². The van der Waals surface area contributed by atoms with E-state index in [0.29, 0.717) is 6.04 Å². The molecule has 0 amide bonds. The molecule has 0 heterocycles. The van der Waals surface area contributed by atoms with Gasteiger partial charge in [-0.25, -0.2) is 0 Å². The summed E-state index contributed by atoms with van der Waals surface area (Å²) in [5, 5.41) is 3.57. The molecule has 18 heavy (non-hydrogen) atoms. The normalized spacial score (nSPS) is 14.2. The van der Waals surface area contributed by atoms with Gasteiger partial charge in [0, 0.05) is 12.6 Å². The van der Waals surface area contributed by atoms with Crippen molar-refractivity contribution in [2.45, 2.75) is 53.1 Å². The highest BCUT2D eigenvalue weighted by molar-refractivity contribution is 5.27. The predicted molar refractivity (Wildman–Crippen MR) is 78.0 cm³/mol. The van der Waals surface area contributed by atoms with Crippen molar-refractivity contribution in [3.8, 4) is 5.75 Å². The van der Waals surface area contributed by atoms with Crippen LogP contribution in [0.5, 0.6) is 5.75 Å². The van der Waals surface area contributed by atoms with Crippen LogP contribution in [0.1, 0.15) is 46.1 Å². The minimum atomic E-state index is 0.575. The number of hydrogen-bond donors (Lipinski definition) is 1. The second kappa shape index (κ2) is 8.15. The third-order valence-corrected chi connectivity index (χ3v) is 3.34. The maximum atomic E-state index is 5.43. The lowest BCUT2D eigenvalue weighted by Crippen LogP contribution is -2.27. The summed E-state index contributed by atoms with van der Waals surface area (Å²) in [5.41, 5.74) is 1.31. The number of rotatable bonds is 8. The maximum Gasteiger partial charge on any atom is 0.119 e. The van der Waals surface area contributed by atoms with Gasteiger partial charge in [-0.05, 0) is 43.9 Å². The van der Waals surface area contributed by atoms with Gasteiger partial charge in [0.1, 0.15) is 5.75 Å². The number of hydrogen-bond acceptors (Lipinski definition) is 2. The minimum Gasteiger partial charge on any atom is -0.494 e. The van der Waals surface area contributed by atoms with Crippen LogP contribution in [0.3, 0.4) is 0 Å². The van der Waals surface area contributed by atoms with E-state index in [1.165, 1.54) is 18.4 Å². The molecule has 0 aliphatic carbocycles. The smallest absolute Gasteiger partial charge is 0.119 e. The van der Waals surface area contributed by atoms with E-state index in [0.717, 1.165) is 24.8 Å². The van der Waals surface area contributed by atoms with Crippen LogP contribution in [0.25, 0.3) is 0 Å². The molecule has 0 saturated heterocycles. The molecule has 0 saturated carbocycles. The fraction of sp³-hybridized carbons (Fsp3) is 0.625. The molecule has 0 aliphatic heterocycles. The van der Waals surface area contributed by atoms with Gasteiger partial charge in [0.25, 0.3) is 0 Å². The molecular weight excluding hydrogens is 222 g/mol. The highest BCUT2D eigenvalue weighted by Gasteiger charge is 2.06. The number of ether oxygens (including phenoxy) is 1. The Morgan fingerprint density at radius 2 is 1.78 bits per heavy atom. The Balaban J connectivity index is 2.34. The minimum absolute atomic E-state index is 0.575. The van der Waals surface area contributed by atoms with Gasteiger partial charge >= 0.3 is 0 Å². The molecule has 2 heteroatoms. The molecule has 2 nitrogen and oxygen atoms in total. The summed E-state index contributed by atoms with van der Waals surface area (Å²) in [6, 6.07) is 8.92. The van der Waals surface area contributed by atoms with Crippen LogP contribution in [-0.4, -0.2) is 12.6 Å². The van der Waals surface area contributed by atoms with Crippen molar-refractivity contribution in [3.05, 3.63) is 29.8 Å². The Labute approximate surface area is 112 Å². The summed E-state index contributed by atoms with van der Waals surface area (Å²) in [7, 11) is 0. The quantitative estimate of drug-likeness (QED) is 0.752. The van der Waals surface area contributed by atoms with E-state index in [9.17, 15) is 0 Å². The second-order valence-electron chi connectivity index (χ2n) is 5.11. The van der Waals surface area contributed by atoms with Gasteiger partial charge in [0.2, 0.25) is 0 Å². The zero-order chi connectivity index (χ0) is 13.4. The largest absolute Gasteiger partial charge is 0.494 e. The zero-order valence-corrected chi connectivity index (χ0v) is 12.2. The fourth-order valence-corrected chi connectivity index (χ4v) is 2.02. The first kappa shape index (κ1) is 15.0. The molecule has 1 aromatic carbocycles. The highest BCUT2D eigenvalue weighted by atomic mass is 16.5. The molecular formula is C16H27NO. The second-order valence-corrected chi connectivity index (χ2v) is 5.11. The van der Waals surface area contributed by atoms with Crippen molar-refractivity contribution < 1.29 is 4.74 Å². The van der Waals surface area contributed by atoms with Gasteiger partial charge in [-0.2, -0.15) is 0 Å². The van der Waals surface area contributed by atoms with Crippen LogP contribution in [-0.2, 0) is 6.54 Å². The van der Waals surface area contributed by atoms with Crippen molar-refractivity contribution in [1.82, 2.24) is 5.32 Å². The third-order valence-electron chi connectivity index (χ3n) is 3.34. The monoisotopic (exact) mass is 249 g/mol. The molecule has 0 bridgehead atoms. The summed E-state index contributed by atoms with van der Waals surface area (Å²) in [6.45, 7) is 10.5. The Morgan fingerprint density at radius 1 is 1.11 bits per heavy atom. The van der Waals surface area contributed by atoms with Crippen LogP contribution in [0.4, 0.5) is 0 Å². The van der Waals surface area contributed by atoms with Crippen LogP contribution in [0.15, 0.2) is 24.3 Å². The molecule has 0 fully saturated rings. The third kappa shape index (κ3) is 5.54. The van der Waals surface area contributed by atoms with Crippen molar-refractivity contribution in [1.29, 1.82) is 0 Å². The first-order valence-corrected chi connectivity index (χ1v) is 7.10. The van der Waals surface area contributed by atoms with Crippen LogP contribution >= 0.6 is 0 Å². The Morgan fingerprint density at radius 3 is 2.33 bits per heavy atom. The molecule has 0 aliphatic rings. The SMILES string of the molecule is CCOc1ccc(CNC(C)CC(C)CC)cc1. The summed E-state index contributed by atoms with van der Waals surface area (Å²) in [5.74, 6) is 1.75. The van der Waals surface area contributed by atoms with Gasteiger partial charge in [0.15, 0.2) is 0 Å². The molecule has 1 rings (SSSR count). The molecule has 2 atom stereocenters. The average molecular weight is 249 g/mol. The summed E-state index contributed by atoms with van der Waals surface area (Å²) >= 11 is 0. The molecule has 1 N–H and O–H groups in total. The van der Waals surface area contributed by atoms with Gasteiger partial charge in [-0.1, -0.05) is 32.4 Å². The molecule has 0 aromatic heterocycles. The molecule has 0 spiro atoms. The zero-order valence-electron chi connectivity index (χ0n) is 12.2. The van der Waals surface area contributed by atoms with Crippen LogP contribution in [0.2, 0.25) is 0 Å². The Bertz CT molecular complexity index is 320. The predicted octanol–water partition coefficient (Wildman–Crippen LogP) is 4.00. The van der Waals surface area contributed by atoms with E-state index < -0.39 is 0 Å². The van der Waals surface area contributed by atoms with E-state index >= 15 is 0 Å². The summed E-state index contributed by atoms with van der Waals surface area (Å²) in [6.07, 6.45) is 2.50. The number of benzene rings is 1. The van der Waals surface area contributed by atoms with Crippen LogP contribution in [0, 0.1) is 5.92 Å². The Kier molecular flexibility index (Phi) is 6.81. The van der Waals surface area contributed by atoms with Crippen molar-refractivity contribution >= 4 is 0 Å². The van der Waals surface area contributed by atoms with Crippen molar-refractivity contribution in [3.63, 3.8) is 0 Å². The van der Waals surface area contributed by atoms with E-state index in [4.69, 9.17) is 4.74 Å². The standard InChI is InChI=1S/C16H27NO/c1-5-13(3)11-14(4)17-12-15-7-9-16(10-8-15)18-6-2/h7-10,13-14,17H,5-6,11-12H2,1-4H3. The highest BCUT2D eigenvalue weighted by Crippen LogP contribution is 2.13. The summed E-state index contributed by atoms with van der Waals surface area (Å²) in [4.78, 5) is 0.